The van der Waals surface area contributed by atoms with Crippen LogP contribution in [0.4, 0.5) is 0 Å². The highest BCUT2D eigenvalue weighted by Crippen LogP contribution is 2.18. The first kappa shape index (κ1) is 16.2. The van der Waals surface area contributed by atoms with E-state index < -0.39 is 10.1 Å². The third kappa shape index (κ3) is 5.03. The first-order chi connectivity index (χ1) is 9.49. The minimum absolute atomic E-state index is 0.159. The van der Waals surface area contributed by atoms with Crippen LogP contribution in [-0.2, 0) is 10.1 Å². The first-order valence-electron chi connectivity index (χ1n) is 6.14. The highest BCUT2D eigenvalue weighted by atomic mass is 32.2. The van der Waals surface area contributed by atoms with E-state index in [2.05, 4.69) is 5.32 Å². The van der Waals surface area contributed by atoms with Gasteiger partial charge in [0.05, 0.1) is 0 Å². The molecule has 0 fully saturated rings. The Balaban J connectivity index is 0.000000612. The normalized spacial score (nSPS) is 10.3. The smallest absolute Gasteiger partial charge is 0.339 e. The maximum absolute atomic E-state index is 11.9. The summed E-state index contributed by atoms with van der Waals surface area (Å²) >= 11 is 0. The fourth-order valence-electron chi connectivity index (χ4n) is 1.36. The Bertz CT molecular complexity index is 607. The van der Waals surface area contributed by atoms with Crippen LogP contribution in [0.15, 0.2) is 59.5 Å². The molecule has 0 heterocycles. The minimum Gasteiger partial charge on any atom is -0.379 e. The maximum atomic E-state index is 11.9. The van der Waals surface area contributed by atoms with E-state index in [1.807, 2.05) is 21.0 Å². The lowest BCUT2D eigenvalue weighted by molar-refractivity contribution is 0.486. The Labute approximate surface area is 120 Å². The number of nitrogens with one attached hydrogen (secondary N) is 1. The third-order valence-electron chi connectivity index (χ3n) is 2.26. The zero-order chi connectivity index (χ0) is 15.0. The van der Waals surface area contributed by atoms with Crippen molar-refractivity contribution in [3.63, 3.8) is 0 Å². The average molecular weight is 293 g/mol. The van der Waals surface area contributed by atoms with Gasteiger partial charge in [-0.05, 0) is 45.3 Å². The molecule has 108 valence electrons. The second-order valence-electron chi connectivity index (χ2n) is 4.16. The summed E-state index contributed by atoms with van der Waals surface area (Å²) in [6, 6.07) is 15.0. The van der Waals surface area contributed by atoms with E-state index >= 15 is 0 Å². The molecule has 0 saturated carbocycles. The van der Waals surface area contributed by atoms with Crippen LogP contribution in [0.1, 0.15) is 5.56 Å². The molecule has 0 aromatic heterocycles. The van der Waals surface area contributed by atoms with Crippen molar-refractivity contribution in [2.45, 2.75) is 11.8 Å². The third-order valence-corrected chi connectivity index (χ3v) is 3.52. The SMILES string of the molecule is CNC.Cc1ccc(S(=O)(=O)Oc2ccccc2)cc1. The molecule has 0 unspecified atom stereocenters. The molecule has 0 atom stereocenters. The lowest BCUT2D eigenvalue weighted by atomic mass is 10.2. The molecular weight excluding hydrogens is 274 g/mol. The monoisotopic (exact) mass is 293 g/mol. The van der Waals surface area contributed by atoms with Crippen LogP contribution in [0, 0.1) is 6.92 Å². The summed E-state index contributed by atoms with van der Waals surface area (Å²) in [5.41, 5.74) is 1.00. The summed E-state index contributed by atoms with van der Waals surface area (Å²) < 4.78 is 28.8. The van der Waals surface area contributed by atoms with Crippen LogP contribution in [-0.4, -0.2) is 22.5 Å². The van der Waals surface area contributed by atoms with E-state index in [-0.39, 0.29) is 4.90 Å². The molecule has 0 amide bonds. The number of aryl methyl sites for hydroxylation is 1. The lowest BCUT2D eigenvalue weighted by Gasteiger charge is -2.06. The molecule has 20 heavy (non-hydrogen) atoms. The lowest BCUT2D eigenvalue weighted by Crippen LogP contribution is -2.09. The van der Waals surface area contributed by atoms with Gasteiger partial charge in [0.25, 0.3) is 0 Å². The predicted molar refractivity (Wildman–Crippen MR) is 80.4 cm³/mol. The van der Waals surface area contributed by atoms with Gasteiger partial charge < -0.3 is 9.50 Å². The second kappa shape index (κ2) is 7.67. The van der Waals surface area contributed by atoms with Gasteiger partial charge in [0, 0.05) is 0 Å². The summed E-state index contributed by atoms with van der Waals surface area (Å²) in [4.78, 5) is 0.159. The van der Waals surface area contributed by atoms with Crippen LogP contribution < -0.4 is 9.50 Å². The van der Waals surface area contributed by atoms with Crippen molar-refractivity contribution in [1.82, 2.24) is 5.32 Å². The van der Waals surface area contributed by atoms with E-state index in [0.29, 0.717) is 5.75 Å². The Hall–Kier alpha value is -1.85. The highest BCUT2D eigenvalue weighted by Gasteiger charge is 2.15. The predicted octanol–water partition coefficient (Wildman–Crippen LogP) is 2.60. The summed E-state index contributed by atoms with van der Waals surface area (Å²) in [6.45, 7) is 1.90. The molecule has 4 nitrogen and oxygen atoms in total. The molecule has 0 aliphatic rings. The van der Waals surface area contributed by atoms with Gasteiger partial charge in [-0.2, -0.15) is 8.42 Å². The highest BCUT2D eigenvalue weighted by molar-refractivity contribution is 7.87. The second-order valence-corrected chi connectivity index (χ2v) is 5.71. The Kier molecular flexibility index (Phi) is 6.21. The van der Waals surface area contributed by atoms with Crippen LogP contribution in [0.3, 0.4) is 0 Å². The van der Waals surface area contributed by atoms with Crippen LogP contribution in [0.25, 0.3) is 0 Å². The molecule has 0 aliphatic heterocycles. The molecule has 2 aromatic rings. The molecule has 0 bridgehead atoms. The van der Waals surface area contributed by atoms with Gasteiger partial charge in [-0.25, -0.2) is 0 Å². The van der Waals surface area contributed by atoms with E-state index in [1.165, 1.54) is 12.1 Å². The van der Waals surface area contributed by atoms with Crippen LogP contribution in [0.2, 0.25) is 0 Å². The van der Waals surface area contributed by atoms with Crippen molar-refractivity contribution in [3.8, 4) is 5.75 Å². The zero-order valence-electron chi connectivity index (χ0n) is 11.8. The molecule has 0 saturated heterocycles. The van der Waals surface area contributed by atoms with Crippen molar-refractivity contribution in [3.05, 3.63) is 60.2 Å². The van der Waals surface area contributed by atoms with Crippen LogP contribution in [0.5, 0.6) is 5.75 Å². The topological polar surface area (TPSA) is 55.4 Å². The van der Waals surface area contributed by atoms with Gasteiger partial charge in [0.1, 0.15) is 10.6 Å². The van der Waals surface area contributed by atoms with E-state index in [4.69, 9.17) is 4.18 Å². The van der Waals surface area contributed by atoms with Gasteiger partial charge in [-0.1, -0.05) is 35.9 Å². The number of hydrogen-bond acceptors (Lipinski definition) is 4. The van der Waals surface area contributed by atoms with Crippen molar-refractivity contribution < 1.29 is 12.6 Å². The molecule has 2 rings (SSSR count). The number of benzene rings is 2. The maximum Gasteiger partial charge on any atom is 0.339 e. The molecule has 2 aromatic carbocycles. The summed E-state index contributed by atoms with van der Waals surface area (Å²) in [6.07, 6.45) is 0. The molecule has 1 N–H and O–H groups in total. The quantitative estimate of drug-likeness (QED) is 0.884. The largest absolute Gasteiger partial charge is 0.379 e. The molecule has 5 heteroatoms. The Morgan fingerprint density at radius 3 is 1.90 bits per heavy atom. The van der Waals surface area contributed by atoms with E-state index in [9.17, 15) is 8.42 Å². The Morgan fingerprint density at radius 2 is 1.40 bits per heavy atom. The Morgan fingerprint density at radius 1 is 0.900 bits per heavy atom. The van der Waals surface area contributed by atoms with Crippen LogP contribution >= 0.6 is 0 Å². The van der Waals surface area contributed by atoms with Crippen molar-refractivity contribution >= 4 is 10.1 Å². The first-order valence-corrected chi connectivity index (χ1v) is 7.55. The van der Waals surface area contributed by atoms with Gasteiger partial charge >= 0.3 is 10.1 Å². The zero-order valence-corrected chi connectivity index (χ0v) is 12.6. The summed E-state index contributed by atoms with van der Waals surface area (Å²) in [5.74, 6) is 0.313. The summed E-state index contributed by atoms with van der Waals surface area (Å²) in [5, 5.41) is 2.75. The molecule has 0 spiro atoms. The van der Waals surface area contributed by atoms with Gasteiger partial charge in [0.2, 0.25) is 0 Å². The number of para-hydroxylation sites is 1. The van der Waals surface area contributed by atoms with Gasteiger partial charge in [-0.3, -0.25) is 0 Å². The van der Waals surface area contributed by atoms with Crippen molar-refractivity contribution in [2.24, 2.45) is 0 Å². The van der Waals surface area contributed by atoms with E-state index in [0.717, 1.165) is 5.56 Å². The van der Waals surface area contributed by atoms with Crippen molar-refractivity contribution in [1.29, 1.82) is 0 Å². The van der Waals surface area contributed by atoms with Crippen molar-refractivity contribution in [2.75, 3.05) is 14.1 Å². The van der Waals surface area contributed by atoms with E-state index in [1.54, 1.807) is 42.5 Å². The number of rotatable bonds is 3. The minimum atomic E-state index is -3.73. The molecule has 0 radical (unpaired) electrons. The fraction of sp³-hybridized carbons (Fsp3) is 0.200. The molecule has 0 aliphatic carbocycles. The van der Waals surface area contributed by atoms with Gasteiger partial charge in [-0.15, -0.1) is 0 Å². The van der Waals surface area contributed by atoms with Gasteiger partial charge in [0.15, 0.2) is 0 Å². The average Bonchev–Trinajstić information content (AvgIpc) is 2.41. The molecular formula is C15H19NO3S. The summed E-state index contributed by atoms with van der Waals surface area (Å²) in [7, 11) is 0.0199. The number of hydrogen-bond donors (Lipinski definition) is 1. The standard InChI is InChI=1S/C13H12O3S.C2H7N/c1-11-7-9-13(10-8-11)17(14,15)16-12-5-3-2-4-6-12;1-3-2/h2-10H,1H3;3H,1-2H3. The fourth-order valence-corrected chi connectivity index (χ4v) is 2.29.